The Kier molecular flexibility index (Phi) is 7.29. The van der Waals surface area contributed by atoms with E-state index in [-0.39, 0.29) is 18.8 Å². The van der Waals surface area contributed by atoms with Crippen LogP contribution in [0.2, 0.25) is 0 Å². The summed E-state index contributed by atoms with van der Waals surface area (Å²) in [6.45, 7) is 5.57. The number of aliphatic hydroxyl groups excluding tert-OH is 1. The van der Waals surface area contributed by atoms with Gasteiger partial charge in [0, 0.05) is 6.42 Å². The molecule has 1 aromatic carbocycles. The Hall–Kier alpha value is -3.45. The highest BCUT2D eigenvalue weighted by Gasteiger charge is 2.55. The van der Waals surface area contributed by atoms with Gasteiger partial charge in [-0.1, -0.05) is 30.3 Å². The van der Waals surface area contributed by atoms with Crippen LogP contribution < -0.4 is 5.73 Å². The molecular formula is C25H31N5O7. The number of aliphatic hydroxyl groups is 2. The number of nitrogens with two attached hydrogens (primary N) is 1. The lowest BCUT2D eigenvalue weighted by Gasteiger charge is -2.32. The molecule has 198 valence electrons. The van der Waals surface area contributed by atoms with E-state index in [1.807, 2.05) is 6.07 Å². The molecular weight excluding hydrogens is 482 g/mol. The molecule has 2 aromatic heterocycles. The maximum Gasteiger partial charge on any atom is 0.346 e. The molecule has 12 nitrogen and oxygen atoms in total. The third-order valence-corrected chi connectivity index (χ3v) is 6.61. The Morgan fingerprint density at radius 3 is 2.62 bits per heavy atom. The third kappa shape index (κ3) is 4.80. The van der Waals surface area contributed by atoms with E-state index in [9.17, 15) is 19.8 Å². The minimum Gasteiger partial charge on any atom is -0.463 e. The molecule has 0 bridgehead atoms. The van der Waals surface area contributed by atoms with Gasteiger partial charge in [-0.15, -0.1) is 0 Å². The Labute approximate surface area is 213 Å². The summed E-state index contributed by atoms with van der Waals surface area (Å²) in [5.74, 6) is -0.841. The number of benzene rings is 1. The molecule has 1 aliphatic rings. The number of carbonyl (C=O) groups excluding carboxylic acids is 2. The van der Waals surface area contributed by atoms with Gasteiger partial charge < -0.3 is 30.2 Å². The van der Waals surface area contributed by atoms with Gasteiger partial charge in [-0.2, -0.15) is 0 Å². The number of imidazole rings is 1. The van der Waals surface area contributed by atoms with Gasteiger partial charge in [0.1, 0.15) is 29.2 Å². The fraction of sp³-hybridized carbons (Fsp3) is 0.480. The van der Waals surface area contributed by atoms with Crippen molar-refractivity contribution in [1.82, 2.24) is 19.5 Å². The van der Waals surface area contributed by atoms with E-state index >= 15 is 0 Å². The van der Waals surface area contributed by atoms with Crippen LogP contribution in [0.5, 0.6) is 0 Å². The fourth-order valence-corrected chi connectivity index (χ4v) is 4.42. The number of aryl methyl sites for hydroxylation is 1. The molecule has 4 rings (SSSR count). The van der Waals surface area contributed by atoms with Crippen LogP contribution in [0, 0.1) is 6.92 Å². The number of nitrogen functional groups attached to an aromatic ring is 1. The number of rotatable bonds is 9. The maximum atomic E-state index is 13.0. The molecule has 3 heterocycles. The summed E-state index contributed by atoms with van der Waals surface area (Å²) in [6.07, 6.45) is -2.36. The lowest BCUT2D eigenvalue weighted by molar-refractivity contribution is -0.185. The van der Waals surface area contributed by atoms with Gasteiger partial charge in [-0.25, -0.2) is 19.7 Å². The van der Waals surface area contributed by atoms with Crippen molar-refractivity contribution in [3.63, 3.8) is 0 Å². The van der Waals surface area contributed by atoms with E-state index in [0.29, 0.717) is 22.6 Å². The van der Waals surface area contributed by atoms with Crippen LogP contribution in [-0.2, 0) is 30.2 Å². The molecule has 4 N–H and O–H groups in total. The second-order valence-corrected chi connectivity index (χ2v) is 9.24. The van der Waals surface area contributed by atoms with Gasteiger partial charge in [-0.3, -0.25) is 9.36 Å². The average Bonchev–Trinajstić information content (AvgIpc) is 3.36. The van der Waals surface area contributed by atoms with Gasteiger partial charge in [0.05, 0.1) is 19.5 Å². The van der Waals surface area contributed by atoms with Crippen molar-refractivity contribution in [1.29, 1.82) is 0 Å². The average molecular weight is 514 g/mol. The topological polar surface area (TPSA) is 172 Å². The summed E-state index contributed by atoms with van der Waals surface area (Å²) in [6, 6.07) is 8.91. The summed E-state index contributed by atoms with van der Waals surface area (Å²) < 4.78 is 18.7. The summed E-state index contributed by atoms with van der Waals surface area (Å²) >= 11 is 0. The Bertz CT molecular complexity index is 1300. The highest BCUT2D eigenvalue weighted by atomic mass is 16.6. The molecule has 5 atom stereocenters. The van der Waals surface area contributed by atoms with Crippen molar-refractivity contribution in [2.45, 2.75) is 63.8 Å². The van der Waals surface area contributed by atoms with Crippen molar-refractivity contribution < 1.29 is 34.0 Å². The number of aromatic nitrogens is 4. The van der Waals surface area contributed by atoms with Gasteiger partial charge in [0.2, 0.25) is 5.60 Å². The first-order chi connectivity index (χ1) is 17.5. The van der Waals surface area contributed by atoms with E-state index in [1.54, 1.807) is 38.1 Å². The maximum absolute atomic E-state index is 13.0. The molecule has 1 unspecified atom stereocenters. The molecule has 0 saturated carbocycles. The number of Topliss-reactive ketones (excluding diaryl/α,β-unsaturated/α-hetero) is 1. The normalized spacial score (nSPS) is 25.2. The molecule has 0 radical (unpaired) electrons. The minimum atomic E-state index is -1.97. The predicted octanol–water partition coefficient (Wildman–Crippen LogP) is 0.876. The van der Waals surface area contributed by atoms with E-state index < -0.39 is 48.0 Å². The molecule has 37 heavy (non-hydrogen) atoms. The second kappa shape index (κ2) is 10.1. The SMILES string of the molecule is CCOC(=O)C(Cc1ccccc1)(OC[C@H]1O[C@@H](n2cnc3c(N)nc(C)nc32)[C@H](O)[C@]1(C)O)C(C)=O. The third-order valence-electron chi connectivity index (χ3n) is 6.61. The largest absolute Gasteiger partial charge is 0.463 e. The zero-order valence-corrected chi connectivity index (χ0v) is 21.1. The number of hydrogen-bond acceptors (Lipinski definition) is 11. The number of nitrogens with zero attached hydrogens (tertiary/aromatic N) is 4. The molecule has 1 aliphatic heterocycles. The van der Waals surface area contributed by atoms with E-state index in [4.69, 9.17) is 19.9 Å². The second-order valence-electron chi connectivity index (χ2n) is 9.24. The number of ketones is 1. The summed E-state index contributed by atoms with van der Waals surface area (Å²) in [7, 11) is 0. The number of hydrogen-bond donors (Lipinski definition) is 3. The number of fused-ring (bicyclic) bond motifs is 1. The number of ether oxygens (including phenoxy) is 3. The lowest BCUT2D eigenvalue weighted by Crippen LogP contribution is -2.54. The van der Waals surface area contributed by atoms with Crippen LogP contribution in [0.4, 0.5) is 5.82 Å². The Balaban J connectivity index is 1.63. The fourth-order valence-electron chi connectivity index (χ4n) is 4.42. The molecule has 1 saturated heterocycles. The van der Waals surface area contributed by atoms with Gasteiger partial charge >= 0.3 is 5.97 Å². The predicted molar refractivity (Wildman–Crippen MR) is 131 cm³/mol. The first-order valence-electron chi connectivity index (χ1n) is 11.9. The summed E-state index contributed by atoms with van der Waals surface area (Å²) in [4.78, 5) is 38.6. The molecule has 1 fully saturated rings. The zero-order chi connectivity index (χ0) is 27.0. The van der Waals surface area contributed by atoms with Crippen molar-refractivity contribution in [3.8, 4) is 0 Å². The smallest absolute Gasteiger partial charge is 0.346 e. The lowest BCUT2D eigenvalue weighted by atomic mass is 9.89. The molecule has 0 amide bonds. The number of anilines is 1. The van der Waals surface area contributed by atoms with Crippen molar-refractivity contribution in [2.75, 3.05) is 18.9 Å². The Morgan fingerprint density at radius 2 is 1.97 bits per heavy atom. The van der Waals surface area contributed by atoms with Crippen LogP contribution in [0.1, 0.15) is 38.4 Å². The van der Waals surface area contributed by atoms with Gasteiger partial charge in [0.25, 0.3) is 0 Å². The van der Waals surface area contributed by atoms with Crippen LogP contribution in [-0.4, -0.2) is 78.1 Å². The molecule has 12 heteroatoms. The first-order valence-corrected chi connectivity index (χ1v) is 11.9. The van der Waals surface area contributed by atoms with Crippen LogP contribution in [0.3, 0.4) is 0 Å². The monoisotopic (exact) mass is 513 g/mol. The highest BCUT2D eigenvalue weighted by Crippen LogP contribution is 2.39. The summed E-state index contributed by atoms with van der Waals surface area (Å²) in [5.41, 5.74) is 3.48. The Morgan fingerprint density at radius 1 is 1.27 bits per heavy atom. The van der Waals surface area contributed by atoms with E-state index in [0.717, 1.165) is 0 Å². The van der Waals surface area contributed by atoms with Crippen LogP contribution >= 0.6 is 0 Å². The summed E-state index contributed by atoms with van der Waals surface area (Å²) in [5, 5.41) is 22.2. The number of carbonyl (C=O) groups is 2. The number of esters is 1. The van der Waals surface area contributed by atoms with Crippen LogP contribution in [0.25, 0.3) is 11.2 Å². The van der Waals surface area contributed by atoms with Crippen molar-refractivity contribution in [3.05, 3.63) is 48.0 Å². The van der Waals surface area contributed by atoms with Gasteiger partial charge in [-0.05, 0) is 33.3 Å². The molecule has 3 aromatic rings. The van der Waals surface area contributed by atoms with E-state index in [2.05, 4.69) is 15.0 Å². The highest BCUT2D eigenvalue weighted by molar-refractivity contribution is 6.06. The van der Waals surface area contributed by atoms with Gasteiger partial charge in [0.15, 0.2) is 23.5 Å². The zero-order valence-electron chi connectivity index (χ0n) is 21.1. The first kappa shape index (κ1) is 26.6. The minimum absolute atomic E-state index is 0.0442. The molecule has 0 spiro atoms. The quantitative estimate of drug-likeness (QED) is 0.274. The van der Waals surface area contributed by atoms with Crippen LogP contribution in [0.15, 0.2) is 36.7 Å². The standard InChI is InChI=1S/C25H31N5O7/c1-5-35-23(33)25(14(2)31,11-16-9-7-6-8-10-16)36-12-17-24(4,34)19(32)22(37-17)30-13-27-18-20(26)28-15(3)29-21(18)30/h6-10,13,17,19,22,32,34H,5,11-12H2,1-4H3,(H2,26,28,29)/t17-,19+,22-,24-,25?/m1/s1. The van der Waals surface area contributed by atoms with Crippen molar-refractivity contribution in [2.24, 2.45) is 0 Å². The van der Waals surface area contributed by atoms with E-state index in [1.165, 1.54) is 24.7 Å². The molecule has 0 aliphatic carbocycles. The van der Waals surface area contributed by atoms with Crippen molar-refractivity contribution >= 4 is 28.7 Å².